The topological polar surface area (TPSA) is 81.0 Å². The number of phenols is 2. The van der Waals surface area contributed by atoms with Crippen molar-refractivity contribution in [3.8, 4) is 11.5 Å². The molecule has 0 heterocycles. The first-order chi connectivity index (χ1) is 9.13. The molecule has 2 rings (SSSR count). The smallest absolute Gasteiger partial charge is 0.254 e. The third-order valence-corrected chi connectivity index (χ3v) is 3.56. The number of phenolic OH excluding ortho intramolecular Hbond substituents is 2. The molecule has 1 aromatic carbocycles. The van der Waals surface area contributed by atoms with E-state index in [2.05, 4.69) is 0 Å². The van der Waals surface area contributed by atoms with Gasteiger partial charge in [-0.15, -0.1) is 0 Å². The molecule has 1 aromatic rings. The summed E-state index contributed by atoms with van der Waals surface area (Å²) >= 11 is 0. The molecular weight excluding hydrogens is 246 g/mol. The minimum atomic E-state index is -0.290. The fourth-order valence-corrected chi connectivity index (χ4v) is 2.21. The lowest BCUT2D eigenvalue weighted by Crippen LogP contribution is -2.44. The largest absolute Gasteiger partial charge is 0.504 e. The summed E-state index contributed by atoms with van der Waals surface area (Å²) in [4.78, 5) is 14.2. The molecule has 0 aliphatic heterocycles. The summed E-state index contributed by atoms with van der Waals surface area (Å²) in [6, 6.07) is 4.33. The molecule has 1 saturated carbocycles. The van der Waals surface area contributed by atoms with E-state index in [4.69, 9.17) is 5.11 Å². The number of amides is 1. The summed E-state index contributed by atoms with van der Waals surface area (Å²) in [5.41, 5.74) is 0.361. The van der Waals surface area contributed by atoms with Gasteiger partial charge in [0.15, 0.2) is 11.5 Å². The van der Waals surface area contributed by atoms with Crippen molar-refractivity contribution in [3.05, 3.63) is 23.8 Å². The highest BCUT2D eigenvalue weighted by atomic mass is 16.3. The van der Waals surface area contributed by atoms with E-state index in [-0.39, 0.29) is 30.1 Å². The van der Waals surface area contributed by atoms with Crippen LogP contribution in [-0.2, 0) is 0 Å². The second-order valence-corrected chi connectivity index (χ2v) is 4.86. The van der Waals surface area contributed by atoms with Gasteiger partial charge in [0.25, 0.3) is 5.91 Å². The quantitative estimate of drug-likeness (QED) is 0.704. The first kappa shape index (κ1) is 13.7. The number of hydrogen-bond acceptors (Lipinski definition) is 4. The van der Waals surface area contributed by atoms with E-state index >= 15 is 0 Å². The molecule has 104 valence electrons. The monoisotopic (exact) mass is 265 g/mol. The van der Waals surface area contributed by atoms with Crippen molar-refractivity contribution in [1.82, 2.24) is 4.90 Å². The van der Waals surface area contributed by atoms with Crippen molar-refractivity contribution in [3.63, 3.8) is 0 Å². The average molecular weight is 265 g/mol. The van der Waals surface area contributed by atoms with Gasteiger partial charge in [0.1, 0.15) is 0 Å². The molecule has 0 spiro atoms. The average Bonchev–Trinajstić information content (AvgIpc) is 2.34. The van der Waals surface area contributed by atoms with Crippen molar-refractivity contribution < 1.29 is 20.1 Å². The van der Waals surface area contributed by atoms with Crippen molar-refractivity contribution in [1.29, 1.82) is 0 Å². The van der Waals surface area contributed by atoms with Gasteiger partial charge in [0.05, 0.1) is 0 Å². The summed E-state index contributed by atoms with van der Waals surface area (Å²) in [5, 5.41) is 27.6. The van der Waals surface area contributed by atoms with E-state index in [0.29, 0.717) is 18.5 Å². The van der Waals surface area contributed by atoms with E-state index in [9.17, 15) is 15.0 Å². The number of nitrogens with zero attached hydrogens (tertiary/aromatic N) is 1. The van der Waals surface area contributed by atoms with Gasteiger partial charge in [-0.2, -0.15) is 0 Å². The third-order valence-electron chi connectivity index (χ3n) is 3.56. The molecule has 0 aromatic heterocycles. The number of aliphatic hydroxyl groups is 1. The zero-order chi connectivity index (χ0) is 13.8. The number of carbonyl (C=O) groups is 1. The Balaban J connectivity index is 2.15. The lowest BCUT2D eigenvalue weighted by Gasteiger charge is -2.37. The highest BCUT2D eigenvalue weighted by Gasteiger charge is 2.29. The molecule has 3 N–H and O–H groups in total. The fourth-order valence-electron chi connectivity index (χ4n) is 2.21. The fraction of sp³-hybridized carbons (Fsp3) is 0.500. The Morgan fingerprint density at radius 1 is 1.26 bits per heavy atom. The Morgan fingerprint density at radius 3 is 2.53 bits per heavy atom. The van der Waals surface area contributed by atoms with Crippen LogP contribution in [0.4, 0.5) is 0 Å². The first-order valence-electron chi connectivity index (χ1n) is 6.57. The first-order valence-corrected chi connectivity index (χ1v) is 6.57. The van der Waals surface area contributed by atoms with Crippen LogP contribution in [0.3, 0.4) is 0 Å². The Kier molecular flexibility index (Phi) is 4.27. The molecule has 1 aliphatic carbocycles. The number of hydrogen-bond donors (Lipinski definition) is 3. The molecule has 5 heteroatoms. The maximum absolute atomic E-state index is 12.4. The number of benzene rings is 1. The molecule has 0 atom stereocenters. The molecule has 0 radical (unpaired) electrons. The Bertz CT molecular complexity index is 457. The summed E-state index contributed by atoms with van der Waals surface area (Å²) in [5.74, 6) is -0.683. The van der Waals surface area contributed by atoms with Gasteiger partial charge < -0.3 is 20.2 Å². The maximum atomic E-state index is 12.4. The van der Waals surface area contributed by atoms with Crippen LogP contribution < -0.4 is 0 Å². The normalized spacial score (nSPS) is 15.0. The van der Waals surface area contributed by atoms with E-state index in [1.54, 1.807) is 4.90 Å². The van der Waals surface area contributed by atoms with E-state index in [1.165, 1.54) is 18.2 Å². The number of rotatable bonds is 5. The molecule has 5 nitrogen and oxygen atoms in total. The molecule has 1 fully saturated rings. The SMILES string of the molecule is O=C(c1ccc(O)c(O)c1)N(CCCO)C1CCC1. The highest BCUT2D eigenvalue weighted by Crippen LogP contribution is 2.29. The molecule has 0 bridgehead atoms. The van der Waals surface area contributed by atoms with Crippen LogP contribution in [0, 0.1) is 0 Å². The van der Waals surface area contributed by atoms with Crippen LogP contribution in [0.1, 0.15) is 36.0 Å². The molecule has 0 unspecified atom stereocenters. The molecule has 0 saturated heterocycles. The Labute approximate surface area is 112 Å². The van der Waals surface area contributed by atoms with Gasteiger partial charge in [-0.3, -0.25) is 4.79 Å². The summed E-state index contributed by atoms with van der Waals surface area (Å²) in [6.07, 6.45) is 3.64. The van der Waals surface area contributed by atoms with Crippen LogP contribution in [0.2, 0.25) is 0 Å². The van der Waals surface area contributed by atoms with Gasteiger partial charge in [-0.25, -0.2) is 0 Å². The summed E-state index contributed by atoms with van der Waals surface area (Å²) in [6.45, 7) is 0.568. The van der Waals surface area contributed by atoms with E-state index < -0.39 is 0 Å². The van der Waals surface area contributed by atoms with Crippen molar-refractivity contribution in [2.24, 2.45) is 0 Å². The molecule has 1 aliphatic rings. The standard InChI is InChI=1S/C14H19NO4/c16-8-2-7-15(11-3-1-4-11)14(19)10-5-6-12(17)13(18)9-10/h5-6,9,11,16-18H,1-4,7-8H2. The second kappa shape index (κ2) is 5.93. The highest BCUT2D eigenvalue weighted by molar-refractivity contribution is 5.95. The second-order valence-electron chi connectivity index (χ2n) is 4.86. The van der Waals surface area contributed by atoms with Gasteiger partial charge >= 0.3 is 0 Å². The minimum Gasteiger partial charge on any atom is -0.504 e. The van der Waals surface area contributed by atoms with Crippen LogP contribution in [0.25, 0.3) is 0 Å². The zero-order valence-electron chi connectivity index (χ0n) is 10.7. The predicted octanol–water partition coefficient (Wildman–Crippen LogP) is 1.47. The summed E-state index contributed by atoms with van der Waals surface area (Å²) < 4.78 is 0. The number of aromatic hydroxyl groups is 2. The van der Waals surface area contributed by atoms with Crippen LogP contribution in [0.15, 0.2) is 18.2 Å². The molecule has 1 amide bonds. The maximum Gasteiger partial charge on any atom is 0.254 e. The van der Waals surface area contributed by atoms with E-state index in [1.807, 2.05) is 0 Å². The molecule has 19 heavy (non-hydrogen) atoms. The van der Waals surface area contributed by atoms with Gasteiger partial charge in [0, 0.05) is 24.8 Å². The predicted molar refractivity (Wildman–Crippen MR) is 70.1 cm³/mol. The van der Waals surface area contributed by atoms with Crippen LogP contribution >= 0.6 is 0 Å². The van der Waals surface area contributed by atoms with Gasteiger partial charge in [0.2, 0.25) is 0 Å². The van der Waals surface area contributed by atoms with Crippen LogP contribution in [0.5, 0.6) is 11.5 Å². The van der Waals surface area contributed by atoms with Crippen molar-refractivity contribution in [2.75, 3.05) is 13.2 Å². The van der Waals surface area contributed by atoms with Crippen LogP contribution in [-0.4, -0.2) is 45.3 Å². The lowest BCUT2D eigenvalue weighted by molar-refractivity contribution is 0.0562. The van der Waals surface area contributed by atoms with E-state index in [0.717, 1.165) is 19.3 Å². The summed E-state index contributed by atoms with van der Waals surface area (Å²) in [7, 11) is 0. The zero-order valence-corrected chi connectivity index (χ0v) is 10.7. The third kappa shape index (κ3) is 2.98. The van der Waals surface area contributed by atoms with Gasteiger partial charge in [-0.05, 0) is 43.9 Å². The Hall–Kier alpha value is -1.75. The lowest BCUT2D eigenvalue weighted by atomic mass is 9.90. The number of carbonyl (C=O) groups excluding carboxylic acids is 1. The van der Waals surface area contributed by atoms with Crippen molar-refractivity contribution >= 4 is 5.91 Å². The molecular formula is C14H19NO4. The van der Waals surface area contributed by atoms with Crippen molar-refractivity contribution in [2.45, 2.75) is 31.7 Å². The Morgan fingerprint density at radius 2 is 2.00 bits per heavy atom. The number of aliphatic hydroxyl groups excluding tert-OH is 1. The van der Waals surface area contributed by atoms with Gasteiger partial charge in [-0.1, -0.05) is 0 Å². The minimum absolute atomic E-state index is 0.0529.